The Morgan fingerprint density at radius 1 is 1.50 bits per heavy atom. The number of hydrogen-bond acceptors (Lipinski definition) is 5. The van der Waals surface area contributed by atoms with E-state index in [9.17, 15) is 10.1 Å². The summed E-state index contributed by atoms with van der Waals surface area (Å²) in [6.07, 6.45) is 3.45. The predicted molar refractivity (Wildman–Crippen MR) is 73.6 cm³/mol. The van der Waals surface area contributed by atoms with Crippen molar-refractivity contribution in [2.45, 2.75) is 32.4 Å². The molecule has 0 aliphatic carbocycles. The number of anilines is 1. The highest BCUT2D eigenvalue weighted by Crippen LogP contribution is 2.23. The van der Waals surface area contributed by atoms with Crippen LogP contribution in [0.3, 0.4) is 0 Å². The minimum absolute atomic E-state index is 0.151. The molecule has 20 heavy (non-hydrogen) atoms. The van der Waals surface area contributed by atoms with Gasteiger partial charge < -0.3 is 5.32 Å². The average molecular weight is 273 g/mol. The number of fused-ring (bicyclic) bond motifs is 1. The molecule has 0 amide bonds. The van der Waals surface area contributed by atoms with Crippen LogP contribution in [0.4, 0.5) is 11.4 Å². The topological polar surface area (TPSA) is 85.9 Å². The standard InChI is InChI=1S/C13H15N5O2/c1-9-6-10(2-4-12(9)18(19)20)16-11-3-5-13-14-8-15-17(13)7-11/h2,4,6,8,11,16H,3,5,7H2,1H3. The van der Waals surface area contributed by atoms with Gasteiger partial charge in [-0.15, -0.1) is 0 Å². The number of hydrogen-bond donors (Lipinski definition) is 1. The van der Waals surface area contributed by atoms with Gasteiger partial charge in [-0.1, -0.05) is 0 Å². The molecule has 0 saturated carbocycles. The second-order valence-electron chi connectivity index (χ2n) is 5.00. The second-order valence-corrected chi connectivity index (χ2v) is 5.00. The molecule has 1 aromatic carbocycles. The lowest BCUT2D eigenvalue weighted by molar-refractivity contribution is -0.385. The van der Waals surface area contributed by atoms with E-state index in [0.717, 1.165) is 30.9 Å². The third kappa shape index (κ3) is 2.34. The van der Waals surface area contributed by atoms with Gasteiger partial charge in [0.2, 0.25) is 0 Å². The maximum Gasteiger partial charge on any atom is 0.272 e. The molecule has 0 bridgehead atoms. The van der Waals surface area contributed by atoms with Crippen LogP contribution in [0.25, 0.3) is 0 Å². The number of aromatic nitrogens is 3. The van der Waals surface area contributed by atoms with Crippen molar-refractivity contribution in [1.82, 2.24) is 14.8 Å². The molecule has 1 aliphatic rings. The van der Waals surface area contributed by atoms with Gasteiger partial charge >= 0.3 is 0 Å². The fraction of sp³-hybridized carbons (Fsp3) is 0.385. The predicted octanol–water partition coefficient (Wildman–Crippen LogP) is 1.92. The van der Waals surface area contributed by atoms with Gasteiger partial charge in [-0.3, -0.25) is 10.1 Å². The lowest BCUT2D eigenvalue weighted by Gasteiger charge is -2.24. The van der Waals surface area contributed by atoms with Gasteiger partial charge in [0.15, 0.2) is 0 Å². The Morgan fingerprint density at radius 2 is 2.35 bits per heavy atom. The molecule has 0 radical (unpaired) electrons. The second kappa shape index (κ2) is 4.92. The van der Waals surface area contributed by atoms with Crippen LogP contribution in [0, 0.1) is 17.0 Å². The van der Waals surface area contributed by atoms with Crippen LogP contribution in [-0.4, -0.2) is 25.7 Å². The number of nitro benzene ring substituents is 1. The van der Waals surface area contributed by atoms with Crippen molar-refractivity contribution in [3.05, 3.63) is 46.0 Å². The Morgan fingerprint density at radius 3 is 3.10 bits per heavy atom. The first kappa shape index (κ1) is 12.6. The van der Waals surface area contributed by atoms with Crippen molar-refractivity contribution >= 4 is 11.4 Å². The minimum Gasteiger partial charge on any atom is -0.380 e. The van der Waals surface area contributed by atoms with Gasteiger partial charge in [0.1, 0.15) is 12.2 Å². The van der Waals surface area contributed by atoms with Crippen LogP contribution >= 0.6 is 0 Å². The summed E-state index contributed by atoms with van der Waals surface area (Å²) in [4.78, 5) is 14.6. The van der Waals surface area contributed by atoms with E-state index in [2.05, 4.69) is 15.4 Å². The highest BCUT2D eigenvalue weighted by Gasteiger charge is 2.20. The van der Waals surface area contributed by atoms with Gasteiger partial charge in [-0.2, -0.15) is 5.10 Å². The number of rotatable bonds is 3. The molecule has 2 heterocycles. The molecule has 0 spiro atoms. The Kier molecular flexibility index (Phi) is 3.09. The summed E-state index contributed by atoms with van der Waals surface area (Å²) in [7, 11) is 0. The average Bonchev–Trinajstić information content (AvgIpc) is 2.85. The van der Waals surface area contributed by atoms with E-state index in [1.807, 2.05) is 10.7 Å². The lowest BCUT2D eigenvalue weighted by Crippen LogP contribution is -2.31. The Bertz CT molecular complexity index is 652. The maximum absolute atomic E-state index is 10.8. The summed E-state index contributed by atoms with van der Waals surface area (Å²) >= 11 is 0. The first-order valence-electron chi connectivity index (χ1n) is 6.52. The first-order valence-corrected chi connectivity index (χ1v) is 6.52. The largest absolute Gasteiger partial charge is 0.380 e. The normalized spacial score (nSPS) is 17.6. The van der Waals surface area contributed by atoms with E-state index in [-0.39, 0.29) is 16.7 Å². The summed E-state index contributed by atoms with van der Waals surface area (Å²) in [5.74, 6) is 1.02. The molecule has 7 heteroatoms. The molecule has 0 saturated heterocycles. The van der Waals surface area contributed by atoms with E-state index in [1.54, 1.807) is 25.4 Å². The minimum atomic E-state index is -0.360. The maximum atomic E-state index is 10.8. The monoisotopic (exact) mass is 273 g/mol. The zero-order valence-corrected chi connectivity index (χ0v) is 11.1. The molecule has 104 valence electrons. The highest BCUT2D eigenvalue weighted by atomic mass is 16.6. The van der Waals surface area contributed by atoms with Gasteiger partial charge in [-0.25, -0.2) is 9.67 Å². The summed E-state index contributed by atoms with van der Waals surface area (Å²) in [5.41, 5.74) is 1.72. The number of nitro groups is 1. The van der Waals surface area contributed by atoms with Crippen LogP contribution in [0.1, 0.15) is 17.8 Å². The van der Waals surface area contributed by atoms with Crippen molar-refractivity contribution < 1.29 is 4.92 Å². The Labute approximate surface area is 115 Å². The van der Waals surface area contributed by atoms with Gasteiger partial charge in [0, 0.05) is 29.8 Å². The number of nitrogens with zero attached hydrogens (tertiary/aromatic N) is 4. The molecule has 0 fully saturated rings. The van der Waals surface area contributed by atoms with Crippen LogP contribution in [0.15, 0.2) is 24.5 Å². The van der Waals surface area contributed by atoms with E-state index in [1.165, 1.54) is 0 Å². The summed E-state index contributed by atoms with van der Waals surface area (Å²) in [5, 5.41) is 18.4. The lowest BCUT2D eigenvalue weighted by atomic mass is 10.1. The van der Waals surface area contributed by atoms with Crippen LogP contribution in [-0.2, 0) is 13.0 Å². The fourth-order valence-electron chi connectivity index (χ4n) is 2.54. The highest BCUT2D eigenvalue weighted by molar-refractivity contribution is 5.54. The Balaban J connectivity index is 1.73. The molecule has 7 nitrogen and oxygen atoms in total. The van der Waals surface area contributed by atoms with Crippen molar-refractivity contribution in [2.75, 3.05) is 5.32 Å². The van der Waals surface area contributed by atoms with Crippen LogP contribution in [0.5, 0.6) is 0 Å². The van der Waals surface area contributed by atoms with Crippen LogP contribution in [0.2, 0.25) is 0 Å². The molecule has 2 aromatic rings. The number of aryl methyl sites for hydroxylation is 2. The van der Waals surface area contributed by atoms with Crippen LogP contribution < -0.4 is 5.32 Å². The molecule has 1 aromatic heterocycles. The molecular formula is C13H15N5O2. The van der Waals surface area contributed by atoms with E-state index >= 15 is 0 Å². The fourth-order valence-corrected chi connectivity index (χ4v) is 2.54. The summed E-state index contributed by atoms with van der Waals surface area (Å²) in [6.45, 7) is 2.52. The van der Waals surface area contributed by atoms with Gasteiger partial charge in [0.05, 0.1) is 11.5 Å². The summed E-state index contributed by atoms with van der Waals surface area (Å²) in [6, 6.07) is 5.38. The quantitative estimate of drug-likeness (QED) is 0.682. The molecule has 1 aliphatic heterocycles. The molecule has 1 atom stereocenters. The van der Waals surface area contributed by atoms with E-state index in [4.69, 9.17) is 0 Å². The molecule has 3 rings (SSSR count). The van der Waals surface area contributed by atoms with E-state index < -0.39 is 0 Å². The zero-order valence-electron chi connectivity index (χ0n) is 11.1. The van der Waals surface area contributed by atoms with Crippen molar-refractivity contribution in [1.29, 1.82) is 0 Å². The third-order valence-corrected chi connectivity index (χ3v) is 3.57. The van der Waals surface area contributed by atoms with Crippen molar-refractivity contribution in [3.63, 3.8) is 0 Å². The summed E-state index contributed by atoms with van der Waals surface area (Å²) < 4.78 is 1.90. The van der Waals surface area contributed by atoms with Crippen molar-refractivity contribution in [3.8, 4) is 0 Å². The SMILES string of the molecule is Cc1cc(NC2CCc3ncnn3C2)ccc1[N+](=O)[O-]. The number of benzene rings is 1. The zero-order chi connectivity index (χ0) is 14.1. The molecule has 1 N–H and O–H groups in total. The van der Waals surface area contributed by atoms with Crippen molar-refractivity contribution in [2.24, 2.45) is 0 Å². The third-order valence-electron chi connectivity index (χ3n) is 3.57. The van der Waals surface area contributed by atoms with Gasteiger partial charge in [-0.05, 0) is 25.5 Å². The Hall–Kier alpha value is -2.44. The molecular weight excluding hydrogens is 258 g/mol. The van der Waals surface area contributed by atoms with E-state index in [0.29, 0.717) is 5.56 Å². The number of nitrogens with one attached hydrogen (secondary N) is 1. The smallest absolute Gasteiger partial charge is 0.272 e. The molecule has 1 unspecified atom stereocenters. The first-order chi connectivity index (χ1) is 9.63. The van der Waals surface area contributed by atoms with Gasteiger partial charge in [0.25, 0.3) is 5.69 Å².